The standard InChI is InChI=1S/C22H26ClN3O2/c1-14-20(21-18(24-14)5-2-6-19(21)27)22(28)25-17-4-3-11-26(13-17)12-15-7-9-16(23)10-8-15/h7-10,17,24H,2-6,11-13H2,1H3,(H,25,28). The number of nitrogens with zero attached hydrogens (tertiary/aromatic N) is 1. The number of carbonyl (C=O) groups is 2. The Bertz CT molecular complexity index is 888. The number of halogens is 1. The van der Waals surface area contributed by atoms with E-state index < -0.39 is 0 Å². The Labute approximate surface area is 170 Å². The van der Waals surface area contributed by atoms with Gasteiger partial charge in [-0.15, -0.1) is 0 Å². The highest BCUT2D eigenvalue weighted by Crippen LogP contribution is 2.27. The topological polar surface area (TPSA) is 65.2 Å². The fourth-order valence-electron chi connectivity index (χ4n) is 4.44. The van der Waals surface area contributed by atoms with Crippen molar-refractivity contribution in [2.24, 2.45) is 0 Å². The first-order chi connectivity index (χ1) is 13.5. The Morgan fingerprint density at radius 1 is 1.25 bits per heavy atom. The molecule has 2 heterocycles. The lowest BCUT2D eigenvalue weighted by Gasteiger charge is -2.33. The molecule has 1 aliphatic carbocycles. The summed E-state index contributed by atoms with van der Waals surface area (Å²) in [5, 5.41) is 3.93. The number of hydrogen-bond donors (Lipinski definition) is 2. The normalized spacial score (nSPS) is 20.1. The highest BCUT2D eigenvalue weighted by Gasteiger charge is 2.30. The fourth-order valence-corrected chi connectivity index (χ4v) is 4.57. The monoisotopic (exact) mass is 399 g/mol. The van der Waals surface area contributed by atoms with Crippen molar-refractivity contribution in [2.45, 2.75) is 51.6 Å². The summed E-state index contributed by atoms with van der Waals surface area (Å²) in [4.78, 5) is 31.0. The van der Waals surface area contributed by atoms with E-state index in [9.17, 15) is 9.59 Å². The van der Waals surface area contributed by atoms with Crippen molar-refractivity contribution in [3.05, 3.63) is 57.4 Å². The first-order valence-electron chi connectivity index (χ1n) is 10.0. The minimum atomic E-state index is -0.122. The number of amides is 1. The van der Waals surface area contributed by atoms with Crippen LogP contribution in [0.5, 0.6) is 0 Å². The molecule has 148 valence electrons. The Morgan fingerprint density at radius 2 is 2.04 bits per heavy atom. The van der Waals surface area contributed by atoms with Crippen molar-refractivity contribution in [1.82, 2.24) is 15.2 Å². The van der Waals surface area contributed by atoms with Gasteiger partial charge in [-0.25, -0.2) is 0 Å². The molecule has 0 radical (unpaired) electrons. The Balaban J connectivity index is 1.43. The zero-order chi connectivity index (χ0) is 19.7. The molecule has 1 aromatic carbocycles. The zero-order valence-corrected chi connectivity index (χ0v) is 16.9. The number of Topliss-reactive ketones (excluding diaryl/α,β-unsaturated/α-hetero) is 1. The number of benzene rings is 1. The third-order valence-corrected chi connectivity index (χ3v) is 6.01. The lowest BCUT2D eigenvalue weighted by Crippen LogP contribution is -2.47. The van der Waals surface area contributed by atoms with E-state index in [-0.39, 0.29) is 17.7 Å². The molecule has 1 fully saturated rings. The molecule has 0 saturated carbocycles. The van der Waals surface area contributed by atoms with Crippen molar-refractivity contribution in [3.63, 3.8) is 0 Å². The van der Waals surface area contributed by atoms with Gasteiger partial charge in [0, 0.05) is 42.0 Å². The number of aromatic nitrogens is 1. The van der Waals surface area contributed by atoms with E-state index in [0.717, 1.165) is 61.7 Å². The molecule has 0 spiro atoms. The quantitative estimate of drug-likeness (QED) is 0.819. The van der Waals surface area contributed by atoms with E-state index in [2.05, 4.69) is 15.2 Å². The Hall–Kier alpha value is -2.11. The largest absolute Gasteiger partial charge is 0.361 e. The minimum Gasteiger partial charge on any atom is -0.361 e. The van der Waals surface area contributed by atoms with Crippen LogP contribution in [-0.4, -0.2) is 40.7 Å². The van der Waals surface area contributed by atoms with Crippen molar-refractivity contribution < 1.29 is 9.59 Å². The molecule has 5 nitrogen and oxygen atoms in total. The van der Waals surface area contributed by atoms with Gasteiger partial charge in [0.1, 0.15) is 0 Å². The molecular weight excluding hydrogens is 374 g/mol. The van der Waals surface area contributed by atoms with Crippen LogP contribution in [0.4, 0.5) is 0 Å². The number of rotatable bonds is 4. The van der Waals surface area contributed by atoms with Crippen LogP contribution < -0.4 is 5.32 Å². The predicted molar refractivity (Wildman–Crippen MR) is 110 cm³/mol. The highest BCUT2D eigenvalue weighted by atomic mass is 35.5. The SMILES string of the molecule is Cc1[nH]c2c(c1C(=O)NC1CCCN(Cc3ccc(Cl)cc3)C1)C(=O)CCC2. The summed E-state index contributed by atoms with van der Waals surface area (Å²) in [6, 6.07) is 8.01. The number of aromatic amines is 1. The lowest BCUT2D eigenvalue weighted by molar-refractivity contribution is 0.0886. The number of nitrogens with one attached hydrogen (secondary N) is 2. The second-order valence-electron chi connectivity index (χ2n) is 7.93. The van der Waals surface area contributed by atoms with Gasteiger partial charge in [0.25, 0.3) is 5.91 Å². The number of fused-ring (bicyclic) bond motifs is 1. The van der Waals surface area contributed by atoms with Crippen molar-refractivity contribution in [1.29, 1.82) is 0 Å². The van der Waals surface area contributed by atoms with Crippen LogP contribution in [0.15, 0.2) is 24.3 Å². The minimum absolute atomic E-state index is 0.0868. The molecule has 2 aromatic rings. The number of hydrogen-bond acceptors (Lipinski definition) is 3. The molecule has 2 N–H and O–H groups in total. The number of likely N-dealkylation sites (tertiary alicyclic amines) is 1. The second-order valence-corrected chi connectivity index (χ2v) is 8.37. The molecule has 1 saturated heterocycles. The molecule has 1 aliphatic heterocycles. The Morgan fingerprint density at radius 3 is 2.82 bits per heavy atom. The van der Waals surface area contributed by atoms with E-state index in [4.69, 9.17) is 11.6 Å². The van der Waals surface area contributed by atoms with Gasteiger partial charge >= 0.3 is 0 Å². The summed E-state index contributed by atoms with van der Waals surface area (Å²) in [6.07, 6.45) is 4.23. The van der Waals surface area contributed by atoms with Crippen LogP contribution in [0.2, 0.25) is 5.02 Å². The first kappa shape index (κ1) is 19.2. The van der Waals surface area contributed by atoms with Crippen molar-refractivity contribution in [2.75, 3.05) is 13.1 Å². The van der Waals surface area contributed by atoms with Gasteiger partial charge in [-0.1, -0.05) is 23.7 Å². The van der Waals surface area contributed by atoms with Gasteiger partial charge in [0.05, 0.1) is 11.1 Å². The van der Waals surface area contributed by atoms with E-state index in [1.54, 1.807) is 0 Å². The predicted octanol–water partition coefficient (Wildman–Crippen LogP) is 3.89. The van der Waals surface area contributed by atoms with Gasteiger partial charge in [-0.05, 0) is 56.8 Å². The third-order valence-electron chi connectivity index (χ3n) is 5.76. The molecular formula is C22H26ClN3O2. The average molecular weight is 400 g/mol. The number of H-pyrrole nitrogens is 1. The molecule has 1 atom stereocenters. The van der Waals surface area contributed by atoms with Crippen LogP contribution in [0.1, 0.15) is 63.4 Å². The van der Waals surface area contributed by atoms with Gasteiger partial charge < -0.3 is 10.3 Å². The zero-order valence-electron chi connectivity index (χ0n) is 16.2. The maximum absolute atomic E-state index is 13.0. The molecule has 6 heteroatoms. The summed E-state index contributed by atoms with van der Waals surface area (Å²) < 4.78 is 0. The van der Waals surface area contributed by atoms with E-state index in [1.165, 1.54) is 5.56 Å². The molecule has 1 unspecified atom stereocenters. The number of ketones is 1. The molecule has 1 amide bonds. The van der Waals surface area contributed by atoms with Crippen LogP contribution in [0.25, 0.3) is 0 Å². The maximum Gasteiger partial charge on any atom is 0.254 e. The smallest absolute Gasteiger partial charge is 0.254 e. The summed E-state index contributed by atoms with van der Waals surface area (Å²) in [7, 11) is 0. The van der Waals surface area contributed by atoms with Crippen LogP contribution in [-0.2, 0) is 13.0 Å². The second kappa shape index (κ2) is 8.10. The Kier molecular flexibility index (Phi) is 5.56. The summed E-state index contributed by atoms with van der Waals surface area (Å²) in [5.41, 5.74) is 4.11. The van der Waals surface area contributed by atoms with Gasteiger partial charge in [-0.3, -0.25) is 14.5 Å². The summed E-state index contributed by atoms with van der Waals surface area (Å²) >= 11 is 5.97. The van der Waals surface area contributed by atoms with Crippen molar-refractivity contribution in [3.8, 4) is 0 Å². The summed E-state index contributed by atoms with van der Waals surface area (Å²) in [6.45, 7) is 4.56. The number of carbonyl (C=O) groups excluding carboxylic acids is 2. The molecule has 2 aliphatic rings. The van der Waals surface area contributed by atoms with Crippen LogP contribution in [0.3, 0.4) is 0 Å². The molecule has 1 aromatic heterocycles. The van der Waals surface area contributed by atoms with Crippen LogP contribution >= 0.6 is 11.6 Å². The number of aryl methyl sites for hydroxylation is 2. The van der Waals surface area contributed by atoms with Crippen molar-refractivity contribution >= 4 is 23.3 Å². The van der Waals surface area contributed by atoms with Gasteiger partial charge in [-0.2, -0.15) is 0 Å². The number of piperidine rings is 1. The van der Waals surface area contributed by atoms with E-state index in [1.807, 2.05) is 31.2 Å². The fraction of sp³-hybridized carbons (Fsp3) is 0.455. The first-order valence-corrected chi connectivity index (χ1v) is 10.4. The van der Waals surface area contributed by atoms with Gasteiger partial charge in [0.15, 0.2) is 5.78 Å². The van der Waals surface area contributed by atoms with E-state index in [0.29, 0.717) is 17.5 Å². The van der Waals surface area contributed by atoms with Gasteiger partial charge in [0.2, 0.25) is 0 Å². The van der Waals surface area contributed by atoms with Crippen LogP contribution in [0, 0.1) is 6.92 Å². The summed E-state index contributed by atoms with van der Waals surface area (Å²) in [5.74, 6) is -0.0349. The molecule has 0 bridgehead atoms. The third kappa shape index (κ3) is 4.01. The molecule has 4 rings (SSSR count). The average Bonchev–Trinajstić information content (AvgIpc) is 3.01. The maximum atomic E-state index is 13.0. The van der Waals surface area contributed by atoms with E-state index >= 15 is 0 Å². The lowest BCUT2D eigenvalue weighted by atomic mass is 9.92. The highest BCUT2D eigenvalue weighted by molar-refractivity contribution is 6.30. The molecule has 28 heavy (non-hydrogen) atoms.